The van der Waals surface area contributed by atoms with E-state index < -0.39 is 24.4 Å². The van der Waals surface area contributed by atoms with E-state index in [2.05, 4.69) is 16.0 Å². The molecule has 0 fully saturated rings. The summed E-state index contributed by atoms with van der Waals surface area (Å²) in [7, 11) is 0. The topological polar surface area (TPSA) is 72.0 Å². The molecule has 12 heteroatoms. The zero-order chi connectivity index (χ0) is 24.1. The van der Waals surface area contributed by atoms with Crippen molar-refractivity contribution in [2.24, 2.45) is 11.1 Å². The van der Waals surface area contributed by atoms with Crippen LogP contribution in [0.1, 0.15) is 43.1 Å². The summed E-state index contributed by atoms with van der Waals surface area (Å²) < 4.78 is 42.7. The second-order valence-electron chi connectivity index (χ2n) is 7.95. The summed E-state index contributed by atoms with van der Waals surface area (Å²) in [6, 6.07) is 6.89. The Morgan fingerprint density at radius 1 is 1.21 bits per heavy atom. The number of alkyl halides is 3. The largest absolute Gasteiger partial charge is 0.435 e. The lowest BCUT2D eigenvalue weighted by Crippen LogP contribution is -2.42. The number of hydroxylamine groups is 1. The molecule has 6 nitrogen and oxygen atoms in total. The van der Waals surface area contributed by atoms with E-state index in [9.17, 15) is 18.0 Å². The van der Waals surface area contributed by atoms with E-state index in [0.717, 1.165) is 12.1 Å². The lowest BCUT2D eigenvalue weighted by atomic mass is 9.86. The molecule has 0 radical (unpaired) electrons. The molecule has 2 aromatic rings. The van der Waals surface area contributed by atoms with Crippen molar-refractivity contribution >= 4 is 46.4 Å². The number of carbonyl (C=O) groups is 1. The third kappa shape index (κ3) is 4.23. The van der Waals surface area contributed by atoms with Crippen LogP contribution in [-0.2, 0) is 15.2 Å². The van der Waals surface area contributed by atoms with Gasteiger partial charge in [-0.05, 0) is 18.2 Å². The van der Waals surface area contributed by atoms with Crippen LogP contribution in [0.3, 0.4) is 0 Å². The number of amides is 1. The van der Waals surface area contributed by atoms with E-state index >= 15 is 0 Å². The molecule has 2 atom stereocenters. The fraction of sp³-hybridized carbons (Fsp3) is 0.333. The summed E-state index contributed by atoms with van der Waals surface area (Å²) in [5.74, 6) is -0.0614. The van der Waals surface area contributed by atoms with Crippen LogP contribution in [-0.4, -0.2) is 17.8 Å². The molecule has 0 spiro atoms. The molecule has 0 aromatic heterocycles. The number of hydrogen-bond donors (Lipinski definition) is 2. The average Bonchev–Trinajstić information content (AvgIpc) is 3.36. The molecular weight excluding hydrogens is 506 g/mol. The Hall–Kier alpha value is -2.20. The zero-order valence-corrected chi connectivity index (χ0v) is 19.5. The third-order valence-electron chi connectivity index (χ3n) is 5.39. The van der Waals surface area contributed by atoms with Gasteiger partial charge < -0.3 is 15.0 Å². The number of benzene rings is 2. The molecule has 2 aliphatic heterocycles. The highest BCUT2D eigenvalue weighted by Crippen LogP contribution is 2.50. The van der Waals surface area contributed by atoms with E-state index in [1.165, 1.54) is 6.07 Å². The monoisotopic (exact) mass is 521 g/mol. The lowest BCUT2D eigenvalue weighted by Gasteiger charge is -2.30. The normalized spacial score (nSPS) is 22.0. The standard InChI is InChI=1S/C21H17Cl3F3N3O3/c1-9(2)19(31)28-18-12-4-3-10(5-16(12)32-30-18)15-8-20(33-29-15,21(25,26)27)11-6-13(22)17(24)14(23)7-11/h3-7,9,18,30H,8H2,1-2H3,(H,28,31). The Morgan fingerprint density at radius 2 is 1.88 bits per heavy atom. The fourth-order valence-corrected chi connectivity index (χ4v) is 4.09. The Kier molecular flexibility index (Phi) is 6.20. The van der Waals surface area contributed by atoms with Crippen LogP contribution in [0.4, 0.5) is 13.2 Å². The lowest BCUT2D eigenvalue weighted by molar-refractivity contribution is -0.275. The van der Waals surface area contributed by atoms with Crippen LogP contribution < -0.4 is 15.6 Å². The molecule has 33 heavy (non-hydrogen) atoms. The first-order valence-electron chi connectivity index (χ1n) is 9.77. The van der Waals surface area contributed by atoms with Gasteiger partial charge in [0.2, 0.25) is 5.91 Å². The van der Waals surface area contributed by atoms with Gasteiger partial charge in [0.15, 0.2) is 5.75 Å². The van der Waals surface area contributed by atoms with Crippen molar-refractivity contribution in [1.29, 1.82) is 0 Å². The maximum absolute atomic E-state index is 14.2. The van der Waals surface area contributed by atoms with E-state index in [4.69, 9.17) is 44.5 Å². The molecule has 2 aromatic carbocycles. The molecule has 2 N–H and O–H groups in total. The number of carbonyl (C=O) groups excluding carboxylic acids is 1. The van der Waals surface area contributed by atoms with Crippen molar-refractivity contribution in [2.75, 3.05) is 0 Å². The third-order valence-corrected chi connectivity index (χ3v) is 6.59. The van der Waals surface area contributed by atoms with E-state index in [0.29, 0.717) is 16.9 Å². The second kappa shape index (κ2) is 8.54. The van der Waals surface area contributed by atoms with Crippen molar-refractivity contribution in [1.82, 2.24) is 10.8 Å². The predicted octanol–water partition coefficient (Wildman–Crippen LogP) is 5.90. The fourth-order valence-electron chi connectivity index (χ4n) is 3.49. The average molecular weight is 523 g/mol. The molecule has 2 aliphatic rings. The number of rotatable bonds is 4. The molecule has 1 amide bonds. The van der Waals surface area contributed by atoms with Gasteiger partial charge in [0.05, 0.1) is 20.8 Å². The summed E-state index contributed by atoms with van der Waals surface area (Å²) in [6.45, 7) is 3.50. The number of nitrogens with zero attached hydrogens (tertiary/aromatic N) is 1. The smallest absolute Gasteiger partial charge is 0.406 e. The van der Waals surface area contributed by atoms with Gasteiger partial charge in [-0.25, -0.2) is 0 Å². The quantitative estimate of drug-likeness (QED) is 0.491. The van der Waals surface area contributed by atoms with Crippen molar-refractivity contribution in [3.8, 4) is 5.75 Å². The molecule has 2 heterocycles. The summed E-state index contributed by atoms with van der Waals surface area (Å²) in [4.78, 5) is 22.4. The Labute approximate surface area is 201 Å². The van der Waals surface area contributed by atoms with Crippen molar-refractivity contribution in [3.05, 3.63) is 62.1 Å². The van der Waals surface area contributed by atoms with Gasteiger partial charge in [-0.3, -0.25) is 4.79 Å². The maximum atomic E-state index is 14.2. The van der Waals surface area contributed by atoms with Gasteiger partial charge in [0.25, 0.3) is 5.60 Å². The molecule has 0 aliphatic carbocycles. The van der Waals surface area contributed by atoms with Crippen LogP contribution in [0.15, 0.2) is 35.5 Å². The van der Waals surface area contributed by atoms with Gasteiger partial charge in [-0.1, -0.05) is 65.9 Å². The first-order valence-corrected chi connectivity index (χ1v) is 10.9. The minimum atomic E-state index is -4.83. The summed E-state index contributed by atoms with van der Waals surface area (Å²) >= 11 is 17.8. The highest BCUT2D eigenvalue weighted by molar-refractivity contribution is 6.48. The summed E-state index contributed by atoms with van der Waals surface area (Å²) in [6.07, 6.45) is -6.04. The summed E-state index contributed by atoms with van der Waals surface area (Å²) in [5, 5.41) is 6.19. The van der Waals surface area contributed by atoms with Crippen molar-refractivity contribution in [3.63, 3.8) is 0 Å². The van der Waals surface area contributed by atoms with Crippen LogP contribution in [0.5, 0.6) is 5.75 Å². The van der Waals surface area contributed by atoms with Crippen molar-refractivity contribution in [2.45, 2.75) is 38.2 Å². The van der Waals surface area contributed by atoms with Crippen LogP contribution in [0.25, 0.3) is 0 Å². The maximum Gasteiger partial charge on any atom is 0.435 e. The molecule has 0 saturated heterocycles. The number of fused-ring (bicyclic) bond motifs is 1. The SMILES string of the molecule is CC(C)C(=O)NC1NOc2cc(C3=NOC(c4cc(Cl)c(Cl)c(Cl)c4)(C(F)(F)F)C3)ccc21. The minimum absolute atomic E-state index is 0.0515. The van der Waals surface area contributed by atoms with Gasteiger partial charge >= 0.3 is 6.18 Å². The van der Waals surface area contributed by atoms with Crippen LogP contribution in [0, 0.1) is 5.92 Å². The second-order valence-corrected chi connectivity index (χ2v) is 9.15. The molecule has 2 unspecified atom stereocenters. The van der Waals surface area contributed by atoms with Gasteiger partial charge in [-0.2, -0.15) is 13.2 Å². The first-order chi connectivity index (χ1) is 15.4. The number of hydrogen-bond acceptors (Lipinski definition) is 5. The van der Waals surface area contributed by atoms with Gasteiger partial charge in [-0.15, -0.1) is 5.48 Å². The van der Waals surface area contributed by atoms with Gasteiger partial charge in [0, 0.05) is 29.0 Å². The van der Waals surface area contributed by atoms with E-state index in [1.807, 2.05) is 0 Å². The highest BCUT2D eigenvalue weighted by Gasteiger charge is 2.62. The number of nitrogens with one attached hydrogen (secondary N) is 2. The molecule has 0 saturated carbocycles. The van der Waals surface area contributed by atoms with Crippen LogP contribution in [0.2, 0.25) is 15.1 Å². The Balaban J connectivity index is 1.63. The highest BCUT2D eigenvalue weighted by atomic mass is 35.5. The minimum Gasteiger partial charge on any atom is -0.406 e. The van der Waals surface area contributed by atoms with E-state index in [1.54, 1.807) is 26.0 Å². The molecular formula is C21H17Cl3F3N3O3. The molecule has 0 bridgehead atoms. The predicted molar refractivity (Wildman–Crippen MR) is 117 cm³/mol. The number of oxime groups is 1. The molecule has 4 rings (SSSR count). The van der Waals surface area contributed by atoms with Gasteiger partial charge in [0.1, 0.15) is 6.17 Å². The van der Waals surface area contributed by atoms with E-state index in [-0.39, 0.29) is 38.2 Å². The Bertz CT molecular complexity index is 1130. The van der Waals surface area contributed by atoms with Crippen LogP contribution >= 0.6 is 34.8 Å². The Morgan fingerprint density at radius 3 is 2.48 bits per heavy atom. The summed E-state index contributed by atoms with van der Waals surface area (Å²) in [5.41, 5.74) is 0.629. The number of halogens is 6. The zero-order valence-electron chi connectivity index (χ0n) is 17.2. The molecule has 176 valence electrons. The van der Waals surface area contributed by atoms with Crippen molar-refractivity contribution < 1.29 is 27.6 Å². The first kappa shape index (κ1) is 23.9.